The van der Waals surface area contributed by atoms with E-state index in [1.165, 1.54) is 0 Å². The molecule has 1 aromatic rings. The van der Waals surface area contributed by atoms with Crippen molar-refractivity contribution in [1.82, 2.24) is 14.7 Å². The largest absolute Gasteiger partial charge is 0.333 e. The lowest BCUT2D eigenvalue weighted by atomic mass is 9.96. The first-order valence-electron chi connectivity index (χ1n) is 6.58. The van der Waals surface area contributed by atoms with E-state index in [9.17, 15) is 4.79 Å². The number of hydrogen-bond donors (Lipinski definition) is 1. The monoisotopic (exact) mass is 250 g/mol. The molecule has 2 atom stereocenters. The van der Waals surface area contributed by atoms with E-state index in [4.69, 9.17) is 5.73 Å². The van der Waals surface area contributed by atoms with Crippen LogP contribution in [0.3, 0.4) is 0 Å². The Balaban J connectivity index is 2.20. The maximum absolute atomic E-state index is 12.5. The van der Waals surface area contributed by atoms with Gasteiger partial charge in [0.2, 0.25) is 0 Å². The molecule has 2 unspecified atom stereocenters. The summed E-state index contributed by atoms with van der Waals surface area (Å²) in [4.78, 5) is 14.4. The quantitative estimate of drug-likeness (QED) is 0.854. The van der Waals surface area contributed by atoms with Crippen LogP contribution in [0.5, 0.6) is 0 Å². The summed E-state index contributed by atoms with van der Waals surface area (Å²) in [7, 11) is 1.85. The highest BCUT2D eigenvalue weighted by Crippen LogP contribution is 2.21. The molecule has 1 aliphatic heterocycles. The summed E-state index contributed by atoms with van der Waals surface area (Å²) < 4.78 is 1.73. The molecule has 0 spiro atoms. The van der Waals surface area contributed by atoms with Crippen molar-refractivity contribution in [2.75, 3.05) is 6.54 Å². The van der Waals surface area contributed by atoms with Gasteiger partial charge < -0.3 is 10.6 Å². The number of likely N-dealkylation sites (tertiary alicyclic amines) is 1. The molecule has 5 nitrogen and oxygen atoms in total. The molecule has 0 aliphatic carbocycles. The zero-order valence-corrected chi connectivity index (χ0v) is 11.4. The van der Waals surface area contributed by atoms with E-state index in [1.807, 2.05) is 31.9 Å². The lowest BCUT2D eigenvalue weighted by Crippen LogP contribution is -2.51. The number of nitrogens with zero attached hydrogens (tertiary/aromatic N) is 3. The number of aryl methyl sites for hydroxylation is 2. The molecule has 18 heavy (non-hydrogen) atoms. The number of amides is 1. The molecule has 2 N–H and O–H groups in total. The first kappa shape index (κ1) is 13.1. The van der Waals surface area contributed by atoms with Gasteiger partial charge in [0.25, 0.3) is 5.91 Å². The van der Waals surface area contributed by atoms with E-state index in [0.717, 1.165) is 31.5 Å². The fourth-order valence-corrected chi connectivity index (χ4v) is 2.57. The SMILES string of the molecule is Cc1cc(C(=O)N2CCCCC2C(C)N)nn1C. The van der Waals surface area contributed by atoms with Crippen LogP contribution in [-0.4, -0.2) is 39.2 Å². The van der Waals surface area contributed by atoms with Crippen LogP contribution in [-0.2, 0) is 7.05 Å². The highest BCUT2D eigenvalue weighted by atomic mass is 16.2. The summed E-state index contributed by atoms with van der Waals surface area (Å²) in [6.07, 6.45) is 3.20. The molecule has 1 saturated heterocycles. The Morgan fingerprint density at radius 2 is 2.28 bits per heavy atom. The Bertz CT molecular complexity index is 419. The van der Waals surface area contributed by atoms with Gasteiger partial charge in [0.05, 0.1) is 0 Å². The average Bonchev–Trinajstić information content (AvgIpc) is 2.68. The average molecular weight is 250 g/mol. The van der Waals surface area contributed by atoms with E-state index in [2.05, 4.69) is 5.10 Å². The number of rotatable bonds is 2. The lowest BCUT2D eigenvalue weighted by molar-refractivity contribution is 0.0577. The van der Waals surface area contributed by atoms with Gasteiger partial charge in [-0.2, -0.15) is 5.10 Å². The first-order chi connectivity index (χ1) is 8.50. The smallest absolute Gasteiger partial charge is 0.274 e. The number of nitrogens with two attached hydrogens (primary N) is 1. The van der Waals surface area contributed by atoms with Crippen LogP contribution < -0.4 is 5.73 Å². The van der Waals surface area contributed by atoms with Gasteiger partial charge in [0.1, 0.15) is 0 Å². The molecule has 100 valence electrons. The minimum absolute atomic E-state index is 0.0130. The van der Waals surface area contributed by atoms with Gasteiger partial charge >= 0.3 is 0 Å². The Labute approximate surface area is 108 Å². The topological polar surface area (TPSA) is 64.2 Å². The Morgan fingerprint density at radius 3 is 2.83 bits per heavy atom. The minimum Gasteiger partial charge on any atom is -0.333 e. The van der Waals surface area contributed by atoms with Crippen LogP contribution in [0.15, 0.2) is 6.07 Å². The van der Waals surface area contributed by atoms with Crippen LogP contribution in [0, 0.1) is 6.92 Å². The maximum atomic E-state index is 12.5. The third-order valence-electron chi connectivity index (χ3n) is 3.75. The number of carbonyl (C=O) groups is 1. The summed E-state index contributed by atoms with van der Waals surface area (Å²) in [5, 5.41) is 4.26. The number of piperidine rings is 1. The zero-order chi connectivity index (χ0) is 13.3. The molecule has 0 saturated carbocycles. The predicted molar refractivity (Wildman–Crippen MR) is 70.3 cm³/mol. The molecule has 2 heterocycles. The fraction of sp³-hybridized carbons (Fsp3) is 0.692. The van der Waals surface area contributed by atoms with Crippen molar-refractivity contribution < 1.29 is 4.79 Å². The molecule has 1 amide bonds. The van der Waals surface area contributed by atoms with Crippen LogP contribution >= 0.6 is 0 Å². The van der Waals surface area contributed by atoms with Crippen molar-refractivity contribution in [1.29, 1.82) is 0 Å². The van der Waals surface area contributed by atoms with E-state index in [0.29, 0.717) is 5.69 Å². The van der Waals surface area contributed by atoms with Crippen LogP contribution in [0.1, 0.15) is 42.4 Å². The maximum Gasteiger partial charge on any atom is 0.274 e. The van der Waals surface area contributed by atoms with Crippen LogP contribution in [0.2, 0.25) is 0 Å². The van der Waals surface area contributed by atoms with Gasteiger partial charge in [0, 0.05) is 31.4 Å². The number of aromatic nitrogens is 2. The summed E-state index contributed by atoms with van der Waals surface area (Å²) in [5.74, 6) is 0.0145. The van der Waals surface area contributed by atoms with Crippen molar-refractivity contribution in [3.05, 3.63) is 17.5 Å². The Morgan fingerprint density at radius 1 is 1.56 bits per heavy atom. The van der Waals surface area contributed by atoms with Gasteiger partial charge in [-0.3, -0.25) is 9.48 Å². The fourth-order valence-electron chi connectivity index (χ4n) is 2.57. The van der Waals surface area contributed by atoms with Crippen molar-refractivity contribution in [3.8, 4) is 0 Å². The molecule has 1 aliphatic rings. The van der Waals surface area contributed by atoms with Gasteiger partial charge in [-0.25, -0.2) is 0 Å². The lowest BCUT2D eigenvalue weighted by Gasteiger charge is -2.37. The molecular formula is C13H22N4O. The van der Waals surface area contributed by atoms with Crippen LogP contribution in [0.25, 0.3) is 0 Å². The second-order valence-electron chi connectivity index (χ2n) is 5.22. The highest BCUT2D eigenvalue weighted by molar-refractivity contribution is 5.92. The van der Waals surface area contributed by atoms with Gasteiger partial charge in [-0.15, -0.1) is 0 Å². The standard InChI is InChI=1S/C13H22N4O/c1-9-8-11(15-16(9)3)13(18)17-7-5-4-6-12(17)10(2)14/h8,10,12H,4-7,14H2,1-3H3. The highest BCUT2D eigenvalue weighted by Gasteiger charge is 2.30. The molecule has 1 aromatic heterocycles. The summed E-state index contributed by atoms with van der Waals surface area (Å²) in [6, 6.07) is 2.00. The summed E-state index contributed by atoms with van der Waals surface area (Å²) >= 11 is 0. The first-order valence-corrected chi connectivity index (χ1v) is 6.58. The molecule has 0 aromatic carbocycles. The molecule has 2 rings (SSSR count). The molecule has 1 fully saturated rings. The van der Waals surface area contributed by atoms with Gasteiger partial charge in [-0.1, -0.05) is 0 Å². The normalized spacial score (nSPS) is 22.0. The van der Waals surface area contributed by atoms with Gasteiger partial charge in [-0.05, 0) is 39.2 Å². The van der Waals surface area contributed by atoms with Gasteiger partial charge in [0.15, 0.2) is 5.69 Å². The number of carbonyl (C=O) groups excluding carboxylic acids is 1. The zero-order valence-electron chi connectivity index (χ0n) is 11.4. The second kappa shape index (κ2) is 5.10. The molecule has 5 heteroatoms. The van der Waals surface area contributed by atoms with Crippen molar-refractivity contribution in [3.63, 3.8) is 0 Å². The number of hydrogen-bond acceptors (Lipinski definition) is 3. The van der Waals surface area contributed by atoms with E-state index >= 15 is 0 Å². The van der Waals surface area contributed by atoms with E-state index in [-0.39, 0.29) is 18.0 Å². The van der Waals surface area contributed by atoms with Crippen molar-refractivity contribution in [2.24, 2.45) is 12.8 Å². The molecule has 0 bridgehead atoms. The van der Waals surface area contributed by atoms with Crippen molar-refractivity contribution >= 4 is 5.91 Å². The molecular weight excluding hydrogens is 228 g/mol. The third-order valence-corrected chi connectivity index (χ3v) is 3.75. The minimum atomic E-state index is 0.0130. The summed E-state index contributed by atoms with van der Waals surface area (Å²) in [6.45, 7) is 4.71. The molecule has 0 radical (unpaired) electrons. The predicted octanol–water partition coefficient (Wildman–Crippen LogP) is 1.07. The Hall–Kier alpha value is -1.36. The van der Waals surface area contributed by atoms with E-state index < -0.39 is 0 Å². The summed E-state index contributed by atoms with van der Waals surface area (Å²) in [5.41, 5.74) is 7.51. The second-order valence-corrected chi connectivity index (χ2v) is 5.22. The Kier molecular flexibility index (Phi) is 3.71. The third kappa shape index (κ3) is 2.41. The van der Waals surface area contributed by atoms with E-state index in [1.54, 1.807) is 4.68 Å². The van der Waals surface area contributed by atoms with Crippen molar-refractivity contribution in [2.45, 2.75) is 45.2 Å². The van der Waals surface area contributed by atoms with Crippen LogP contribution in [0.4, 0.5) is 0 Å².